The first-order valence-corrected chi connectivity index (χ1v) is 22.3. The van der Waals surface area contributed by atoms with Gasteiger partial charge in [0.1, 0.15) is 0 Å². The monoisotopic (exact) mass is 820 g/mol. The number of fused-ring (bicyclic) bond motifs is 6. The minimum Gasteiger partial charge on any atom is -0.309 e. The molecule has 296 valence electrons. The fraction of sp³-hybridized carbons (Fsp3) is 0. The van der Waals surface area contributed by atoms with Gasteiger partial charge in [-0.05, 0) is 76.3 Å². The van der Waals surface area contributed by atoms with Gasteiger partial charge >= 0.3 is 0 Å². The first kappa shape index (κ1) is 36.8. The molecule has 0 fully saturated rings. The van der Waals surface area contributed by atoms with Crippen LogP contribution in [0.15, 0.2) is 243 Å². The molecule has 0 amide bonds. The molecule has 0 spiro atoms. The maximum atomic E-state index is 2.54. The SMILES string of the molecule is c1ccc(-c2ccccc2-c2ccccc2-c2ccccc2N(c2ccccc2-c2cccc3c2sc2ccccc23)c2cccc3c2c2ccccc2n3-c2ccccc2)cc1. The summed E-state index contributed by atoms with van der Waals surface area (Å²) < 4.78 is 5.00. The number of nitrogens with zero attached hydrogens (tertiary/aromatic N) is 2. The van der Waals surface area contributed by atoms with E-state index in [0.29, 0.717) is 0 Å². The van der Waals surface area contributed by atoms with E-state index in [1.165, 1.54) is 75.4 Å². The Balaban J connectivity index is 1.17. The van der Waals surface area contributed by atoms with Crippen molar-refractivity contribution in [1.29, 1.82) is 0 Å². The number of rotatable bonds is 8. The lowest BCUT2D eigenvalue weighted by atomic mass is 9.88. The van der Waals surface area contributed by atoms with Crippen molar-refractivity contribution in [2.24, 2.45) is 0 Å². The molecular weight excluding hydrogens is 781 g/mol. The van der Waals surface area contributed by atoms with Crippen molar-refractivity contribution < 1.29 is 0 Å². The summed E-state index contributed by atoms with van der Waals surface area (Å²) in [5.74, 6) is 0. The van der Waals surface area contributed by atoms with Gasteiger partial charge in [-0.1, -0.05) is 194 Å². The summed E-state index contributed by atoms with van der Waals surface area (Å²) in [6, 6.07) is 88.5. The van der Waals surface area contributed by atoms with Crippen molar-refractivity contribution in [3.05, 3.63) is 243 Å². The Hall–Kier alpha value is -7.98. The van der Waals surface area contributed by atoms with Crippen LogP contribution in [0.1, 0.15) is 0 Å². The van der Waals surface area contributed by atoms with Crippen molar-refractivity contribution in [1.82, 2.24) is 4.57 Å². The average Bonchev–Trinajstić information content (AvgIpc) is 3.92. The molecule has 0 saturated heterocycles. The van der Waals surface area contributed by atoms with Crippen LogP contribution in [0.5, 0.6) is 0 Å². The molecule has 0 saturated carbocycles. The Labute approximate surface area is 370 Å². The van der Waals surface area contributed by atoms with Gasteiger partial charge in [0, 0.05) is 53.3 Å². The van der Waals surface area contributed by atoms with E-state index in [-0.39, 0.29) is 0 Å². The Bertz CT molecular complexity index is 3640. The van der Waals surface area contributed by atoms with Crippen LogP contribution in [0.2, 0.25) is 0 Å². The molecule has 0 atom stereocenters. The average molecular weight is 821 g/mol. The number of thiophene rings is 1. The highest BCUT2D eigenvalue weighted by Gasteiger charge is 2.26. The lowest BCUT2D eigenvalue weighted by molar-refractivity contribution is 1.18. The van der Waals surface area contributed by atoms with Crippen LogP contribution in [0.25, 0.3) is 92.2 Å². The van der Waals surface area contributed by atoms with Gasteiger partial charge in [0.15, 0.2) is 0 Å². The van der Waals surface area contributed by atoms with Crippen LogP contribution >= 0.6 is 11.3 Å². The molecule has 2 nitrogen and oxygen atoms in total. The summed E-state index contributed by atoms with van der Waals surface area (Å²) in [6.07, 6.45) is 0. The third-order valence-corrected chi connectivity index (χ3v) is 13.7. The number of benzene rings is 10. The molecule has 2 aromatic heterocycles. The van der Waals surface area contributed by atoms with E-state index in [0.717, 1.165) is 33.8 Å². The van der Waals surface area contributed by atoms with Gasteiger partial charge in [0.05, 0.1) is 28.1 Å². The van der Waals surface area contributed by atoms with E-state index in [2.05, 4.69) is 252 Å². The molecule has 2 heterocycles. The maximum Gasteiger partial charge on any atom is 0.0562 e. The van der Waals surface area contributed by atoms with Gasteiger partial charge in [-0.2, -0.15) is 0 Å². The van der Waals surface area contributed by atoms with Crippen molar-refractivity contribution in [3.63, 3.8) is 0 Å². The molecule has 12 aromatic rings. The highest BCUT2D eigenvalue weighted by molar-refractivity contribution is 7.26. The van der Waals surface area contributed by atoms with E-state index in [1.807, 2.05) is 11.3 Å². The Morgan fingerprint density at radius 3 is 1.49 bits per heavy atom. The van der Waals surface area contributed by atoms with Crippen molar-refractivity contribution in [2.75, 3.05) is 4.90 Å². The fourth-order valence-electron chi connectivity index (χ4n) is 9.72. The Morgan fingerprint density at radius 2 is 0.762 bits per heavy atom. The van der Waals surface area contributed by atoms with Crippen LogP contribution in [0.4, 0.5) is 17.1 Å². The number of anilines is 3. The number of para-hydroxylation sites is 4. The highest BCUT2D eigenvalue weighted by Crippen LogP contribution is 2.51. The maximum absolute atomic E-state index is 2.54. The van der Waals surface area contributed by atoms with E-state index >= 15 is 0 Å². The van der Waals surface area contributed by atoms with Crippen LogP contribution < -0.4 is 4.90 Å². The van der Waals surface area contributed by atoms with E-state index < -0.39 is 0 Å². The smallest absolute Gasteiger partial charge is 0.0562 e. The van der Waals surface area contributed by atoms with E-state index in [9.17, 15) is 0 Å². The Kier molecular flexibility index (Phi) is 9.06. The molecule has 10 aromatic carbocycles. The summed E-state index contributed by atoms with van der Waals surface area (Å²) >= 11 is 1.88. The van der Waals surface area contributed by atoms with Gasteiger partial charge in [-0.25, -0.2) is 0 Å². The van der Waals surface area contributed by atoms with E-state index in [1.54, 1.807) is 0 Å². The quantitative estimate of drug-likeness (QED) is 0.148. The largest absolute Gasteiger partial charge is 0.309 e. The zero-order valence-corrected chi connectivity index (χ0v) is 35.2. The van der Waals surface area contributed by atoms with Crippen LogP contribution in [-0.2, 0) is 0 Å². The summed E-state index contributed by atoms with van der Waals surface area (Å²) in [6.45, 7) is 0. The van der Waals surface area contributed by atoms with Crippen LogP contribution in [-0.4, -0.2) is 4.57 Å². The third-order valence-electron chi connectivity index (χ3n) is 12.4. The van der Waals surface area contributed by atoms with Gasteiger partial charge in [0.25, 0.3) is 0 Å². The van der Waals surface area contributed by atoms with Gasteiger partial charge in [-0.3, -0.25) is 0 Å². The third kappa shape index (κ3) is 6.16. The summed E-state index contributed by atoms with van der Waals surface area (Å²) in [5, 5.41) is 4.99. The molecule has 0 aliphatic heterocycles. The molecule has 0 aliphatic rings. The number of hydrogen-bond acceptors (Lipinski definition) is 2. The minimum absolute atomic E-state index is 1.10. The summed E-state index contributed by atoms with van der Waals surface area (Å²) in [5.41, 5.74) is 16.3. The molecule has 0 N–H and O–H groups in total. The van der Waals surface area contributed by atoms with Crippen LogP contribution in [0.3, 0.4) is 0 Å². The molecule has 12 rings (SSSR count). The van der Waals surface area contributed by atoms with Gasteiger partial charge in [0.2, 0.25) is 0 Å². The minimum atomic E-state index is 1.10. The highest BCUT2D eigenvalue weighted by atomic mass is 32.1. The molecule has 0 unspecified atom stereocenters. The van der Waals surface area contributed by atoms with Crippen molar-refractivity contribution in [3.8, 4) is 50.2 Å². The second-order valence-corrected chi connectivity index (χ2v) is 17.0. The fourth-order valence-corrected chi connectivity index (χ4v) is 11.0. The standard InChI is InChI=1S/C60H40N2S/c1-3-21-41(22-4-1)43-25-7-8-26-44(43)45-27-9-10-28-46(45)47-29-11-15-35-53(47)62(54-36-16-12-30-48(54)50-33-19-34-51-49-31-14-18-40-58(49)63-60(50)51)57-39-20-38-56-59(57)52-32-13-17-37-55(52)61(56)42-23-5-2-6-24-42/h1-40H. The molecule has 0 aliphatic carbocycles. The number of hydrogen-bond donors (Lipinski definition) is 0. The molecule has 63 heavy (non-hydrogen) atoms. The molecular formula is C60H40N2S. The predicted octanol–water partition coefficient (Wildman–Crippen LogP) is 17.3. The summed E-state index contributed by atoms with van der Waals surface area (Å²) in [7, 11) is 0. The molecule has 0 bridgehead atoms. The molecule has 3 heteroatoms. The lowest BCUT2D eigenvalue weighted by Crippen LogP contribution is -2.13. The zero-order chi connectivity index (χ0) is 41.7. The Morgan fingerprint density at radius 1 is 0.302 bits per heavy atom. The normalized spacial score (nSPS) is 11.5. The topological polar surface area (TPSA) is 8.17 Å². The lowest BCUT2D eigenvalue weighted by Gasteiger charge is -2.31. The van der Waals surface area contributed by atoms with Crippen LogP contribution in [0, 0.1) is 0 Å². The molecule has 0 radical (unpaired) electrons. The summed E-state index contributed by atoms with van der Waals surface area (Å²) in [4.78, 5) is 2.54. The predicted molar refractivity (Wildman–Crippen MR) is 270 cm³/mol. The second kappa shape index (κ2) is 15.5. The number of aromatic nitrogens is 1. The van der Waals surface area contributed by atoms with Crippen molar-refractivity contribution >= 4 is 70.4 Å². The van der Waals surface area contributed by atoms with Crippen molar-refractivity contribution in [2.45, 2.75) is 0 Å². The zero-order valence-electron chi connectivity index (χ0n) is 34.4. The van der Waals surface area contributed by atoms with Gasteiger partial charge < -0.3 is 9.47 Å². The second-order valence-electron chi connectivity index (χ2n) is 16.0. The van der Waals surface area contributed by atoms with Gasteiger partial charge in [-0.15, -0.1) is 11.3 Å². The first-order valence-electron chi connectivity index (χ1n) is 21.5. The van der Waals surface area contributed by atoms with E-state index in [4.69, 9.17) is 0 Å². The first-order chi connectivity index (χ1) is 31.3.